The summed E-state index contributed by atoms with van der Waals surface area (Å²) in [7, 11) is 0. The summed E-state index contributed by atoms with van der Waals surface area (Å²) >= 11 is 1.60. The van der Waals surface area contributed by atoms with Gasteiger partial charge in [-0.1, -0.05) is 36.4 Å². The van der Waals surface area contributed by atoms with Crippen molar-refractivity contribution in [3.05, 3.63) is 64.4 Å². The van der Waals surface area contributed by atoms with Crippen LogP contribution in [0.5, 0.6) is 0 Å². The van der Waals surface area contributed by atoms with Crippen molar-refractivity contribution >= 4 is 22.9 Å². The fourth-order valence-corrected chi connectivity index (χ4v) is 3.08. The number of hydrogen-bond acceptors (Lipinski definition) is 3. The number of carbonyl (C=O) groups excluding carboxylic acids is 1. The van der Waals surface area contributed by atoms with Gasteiger partial charge in [-0.15, -0.1) is 0 Å². The van der Waals surface area contributed by atoms with Gasteiger partial charge in [0, 0.05) is 0 Å². The fourth-order valence-electron chi connectivity index (χ4n) is 2.37. The van der Waals surface area contributed by atoms with Gasteiger partial charge in [-0.3, -0.25) is 4.79 Å². The van der Waals surface area contributed by atoms with Gasteiger partial charge in [-0.25, -0.2) is 0 Å². The smallest absolute Gasteiger partial charge is 0.325 e. The Balaban J connectivity index is 1.97. The number of esters is 1. The average Bonchev–Trinajstić information content (AvgIpc) is 2.97. The molecular weight excluding hydrogens is 256 g/mol. The van der Waals surface area contributed by atoms with Crippen molar-refractivity contribution in [3.63, 3.8) is 0 Å². The molecule has 0 amide bonds. The van der Waals surface area contributed by atoms with Crippen LogP contribution in [0.15, 0.2) is 53.2 Å². The molecule has 2 aromatic rings. The largest absolute Gasteiger partial charge is 0.465 e. The summed E-state index contributed by atoms with van der Waals surface area (Å²) in [6.45, 7) is 2.24. The highest BCUT2D eigenvalue weighted by Gasteiger charge is 2.54. The second kappa shape index (κ2) is 4.67. The first-order valence-electron chi connectivity index (χ1n) is 6.27. The zero-order valence-electron chi connectivity index (χ0n) is 10.6. The summed E-state index contributed by atoms with van der Waals surface area (Å²) in [5.74, 6) is -0.174. The maximum atomic E-state index is 12.3. The molecule has 3 rings (SSSR count). The molecule has 1 heterocycles. The van der Waals surface area contributed by atoms with E-state index in [-0.39, 0.29) is 5.97 Å². The molecule has 96 valence electrons. The molecule has 0 aliphatic heterocycles. The molecule has 0 fully saturated rings. The lowest BCUT2D eigenvalue weighted by Crippen LogP contribution is -2.26. The third-order valence-electron chi connectivity index (χ3n) is 3.36. The van der Waals surface area contributed by atoms with Crippen LogP contribution in [0.1, 0.15) is 18.1 Å². The van der Waals surface area contributed by atoms with E-state index in [4.69, 9.17) is 4.74 Å². The molecule has 0 bridgehead atoms. The van der Waals surface area contributed by atoms with Crippen LogP contribution >= 0.6 is 11.3 Å². The molecule has 0 N–H and O–H groups in total. The normalized spacial score (nSPS) is 20.8. The molecule has 0 radical (unpaired) electrons. The minimum Gasteiger partial charge on any atom is -0.465 e. The van der Waals surface area contributed by atoms with Crippen LogP contribution in [0.3, 0.4) is 0 Å². The van der Waals surface area contributed by atoms with Crippen molar-refractivity contribution in [3.8, 4) is 0 Å². The van der Waals surface area contributed by atoms with E-state index < -0.39 is 5.41 Å². The van der Waals surface area contributed by atoms with Gasteiger partial charge in [0.2, 0.25) is 0 Å². The van der Waals surface area contributed by atoms with Crippen LogP contribution in [0.25, 0.3) is 5.57 Å². The Kier molecular flexibility index (Phi) is 2.99. The molecule has 0 saturated carbocycles. The number of thiophene rings is 1. The summed E-state index contributed by atoms with van der Waals surface area (Å²) in [6, 6.07) is 12.0. The van der Waals surface area contributed by atoms with Gasteiger partial charge in [0.25, 0.3) is 0 Å². The average molecular weight is 270 g/mol. The van der Waals surface area contributed by atoms with Gasteiger partial charge in [0.1, 0.15) is 5.41 Å². The molecule has 1 aromatic carbocycles. The summed E-state index contributed by atoms with van der Waals surface area (Å²) in [6.07, 6.45) is 2.00. The first-order chi connectivity index (χ1) is 9.29. The molecule has 1 aliphatic rings. The van der Waals surface area contributed by atoms with Crippen molar-refractivity contribution in [2.24, 2.45) is 0 Å². The molecular formula is C16H14O2S. The van der Waals surface area contributed by atoms with Crippen LogP contribution in [0.4, 0.5) is 0 Å². The van der Waals surface area contributed by atoms with E-state index in [1.165, 1.54) is 0 Å². The predicted molar refractivity (Wildman–Crippen MR) is 77.0 cm³/mol. The van der Waals surface area contributed by atoms with E-state index in [9.17, 15) is 4.79 Å². The van der Waals surface area contributed by atoms with E-state index in [0.29, 0.717) is 6.61 Å². The monoisotopic (exact) mass is 270 g/mol. The molecule has 2 nitrogen and oxygen atoms in total. The van der Waals surface area contributed by atoms with Crippen LogP contribution < -0.4 is 0 Å². The van der Waals surface area contributed by atoms with Crippen LogP contribution in [-0.2, 0) is 14.9 Å². The molecule has 1 aliphatic carbocycles. The zero-order chi connectivity index (χ0) is 13.3. The second-order valence-corrected chi connectivity index (χ2v) is 5.24. The number of rotatable bonds is 4. The fraction of sp³-hybridized carbons (Fsp3) is 0.188. The number of ether oxygens (including phenoxy) is 1. The Hall–Kier alpha value is -1.87. The molecule has 0 unspecified atom stereocenters. The van der Waals surface area contributed by atoms with E-state index in [2.05, 4.69) is 0 Å². The minimum absolute atomic E-state index is 0.174. The SMILES string of the molecule is CCOC(=O)[C@@]1(c2ccsc2)C=C1c1ccccc1. The van der Waals surface area contributed by atoms with Gasteiger partial charge >= 0.3 is 5.97 Å². The summed E-state index contributed by atoms with van der Waals surface area (Å²) in [5, 5.41) is 4.01. The number of benzene rings is 1. The topological polar surface area (TPSA) is 26.3 Å². The van der Waals surface area contributed by atoms with E-state index in [1.807, 2.05) is 60.2 Å². The molecule has 3 heteroatoms. The zero-order valence-corrected chi connectivity index (χ0v) is 11.4. The highest BCUT2D eigenvalue weighted by Crippen LogP contribution is 2.54. The molecule has 0 spiro atoms. The lowest BCUT2D eigenvalue weighted by molar-refractivity contribution is -0.145. The third-order valence-corrected chi connectivity index (χ3v) is 4.04. The Morgan fingerprint density at radius 1 is 1.26 bits per heavy atom. The van der Waals surface area contributed by atoms with Gasteiger partial charge in [0.15, 0.2) is 0 Å². The van der Waals surface area contributed by atoms with Gasteiger partial charge in [-0.2, -0.15) is 11.3 Å². The van der Waals surface area contributed by atoms with Crippen molar-refractivity contribution in [2.45, 2.75) is 12.3 Å². The van der Waals surface area contributed by atoms with E-state index in [0.717, 1.165) is 16.7 Å². The third kappa shape index (κ3) is 1.90. The number of hydrogen-bond donors (Lipinski definition) is 0. The highest BCUT2D eigenvalue weighted by atomic mass is 32.1. The molecule has 0 saturated heterocycles. The number of carbonyl (C=O) groups is 1. The quantitative estimate of drug-likeness (QED) is 0.793. The standard InChI is InChI=1S/C16H14O2S/c1-2-18-15(17)16(13-8-9-19-11-13)10-14(16)12-6-4-3-5-7-12/h3-11H,2H2,1H3/t16-/m1/s1. The first kappa shape index (κ1) is 12.2. The lowest BCUT2D eigenvalue weighted by atomic mass is 9.90. The first-order valence-corrected chi connectivity index (χ1v) is 7.22. The minimum atomic E-state index is -0.655. The van der Waals surface area contributed by atoms with Crippen LogP contribution in [-0.4, -0.2) is 12.6 Å². The molecule has 19 heavy (non-hydrogen) atoms. The summed E-state index contributed by atoms with van der Waals surface area (Å²) in [5.41, 5.74) is 2.48. The van der Waals surface area contributed by atoms with Gasteiger partial charge in [-0.05, 0) is 40.5 Å². The Morgan fingerprint density at radius 3 is 2.68 bits per heavy atom. The Bertz CT molecular complexity index is 613. The maximum Gasteiger partial charge on any atom is 0.325 e. The van der Waals surface area contributed by atoms with Crippen LogP contribution in [0, 0.1) is 0 Å². The maximum absolute atomic E-state index is 12.3. The molecule has 1 aromatic heterocycles. The Morgan fingerprint density at radius 2 is 2.05 bits per heavy atom. The summed E-state index contributed by atoms with van der Waals surface area (Å²) < 4.78 is 5.26. The van der Waals surface area contributed by atoms with Crippen molar-refractivity contribution < 1.29 is 9.53 Å². The Labute approximate surface area is 116 Å². The van der Waals surface area contributed by atoms with E-state index >= 15 is 0 Å². The van der Waals surface area contributed by atoms with Crippen LogP contribution in [0.2, 0.25) is 0 Å². The van der Waals surface area contributed by atoms with Gasteiger partial charge < -0.3 is 4.74 Å². The van der Waals surface area contributed by atoms with Gasteiger partial charge in [0.05, 0.1) is 6.61 Å². The van der Waals surface area contributed by atoms with Crippen molar-refractivity contribution in [1.82, 2.24) is 0 Å². The van der Waals surface area contributed by atoms with Crippen molar-refractivity contribution in [2.75, 3.05) is 6.61 Å². The highest BCUT2D eigenvalue weighted by molar-refractivity contribution is 7.08. The van der Waals surface area contributed by atoms with E-state index in [1.54, 1.807) is 11.3 Å². The second-order valence-electron chi connectivity index (χ2n) is 4.46. The molecule has 1 atom stereocenters. The lowest BCUT2D eigenvalue weighted by Gasteiger charge is -2.16. The predicted octanol–water partition coefficient (Wildman–Crippen LogP) is 3.65. The van der Waals surface area contributed by atoms with Crippen molar-refractivity contribution in [1.29, 1.82) is 0 Å². The summed E-state index contributed by atoms with van der Waals surface area (Å²) in [4.78, 5) is 12.3.